The van der Waals surface area contributed by atoms with Crippen LogP contribution in [-0.2, 0) is 6.42 Å². The van der Waals surface area contributed by atoms with Gasteiger partial charge in [0.2, 0.25) is 0 Å². The third-order valence-corrected chi connectivity index (χ3v) is 4.34. The van der Waals surface area contributed by atoms with Crippen LogP contribution in [0.15, 0.2) is 30.5 Å². The van der Waals surface area contributed by atoms with Gasteiger partial charge in [-0.15, -0.1) is 5.10 Å². The maximum atomic E-state index is 4.76. The summed E-state index contributed by atoms with van der Waals surface area (Å²) in [5, 5.41) is 8.43. The number of hydrogen-bond donors (Lipinski definition) is 0. The van der Waals surface area contributed by atoms with E-state index in [1.807, 2.05) is 0 Å². The fourth-order valence-electron chi connectivity index (χ4n) is 3.22. The van der Waals surface area contributed by atoms with Gasteiger partial charge in [-0.2, -0.15) is 10.1 Å². The standard InChI is InChI=1S/C16H19N5/c1-4-9-20(10-5-1)15-12-17-19-16(18-15)21-11-8-13-6-2-3-7-14(13)21/h2-3,6-7,12H,1,4-5,8-11H2. The summed E-state index contributed by atoms with van der Waals surface area (Å²) in [5.41, 5.74) is 2.58. The zero-order valence-electron chi connectivity index (χ0n) is 12.1. The Morgan fingerprint density at radius 3 is 2.71 bits per heavy atom. The molecule has 2 aromatic rings. The van der Waals surface area contributed by atoms with Crippen LogP contribution in [-0.4, -0.2) is 34.8 Å². The Morgan fingerprint density at radius 1 is 0.952 bits per heavy atom. The van der Waals surface area contributed by atoms with Gasteiger partial charge in [-0.1, -0.05) is 18.2 Å². The van der Waals surface area contributed by atoms with Crippen molar-refractivity contribution in [1.29, 1.82) is 0 Å². The van der Waals surface area contributed by atoms with Crippen molar-refractivity contribution >= 4 is 17.5 Å². The average Bonchev–Trinajstić information content (AvgIpc) is 3.00. The number of para-hydroxylation sites is 1. The molecular formula is C16H19N5. The number of piperidine rings is 1. The molecule has 21 heavy (non-hydrogen) atoms. The van der Waals surface area contributed by atoms with Crippen molar-refractivity contribution in [2.45, 2.75) is 25.7 Å². The Labute approximate surface area is 124 Å². The van der Waals surface area contributed by atoms with E-state index in [0.29, 0.717) is 0 Å². The lowest BCUT2D eigenvalue weighted by molar-refractivity contribution is 0.571. The van der Waals surface area contributed by atoms with Crippen LogP contribution in [0.2, 0.25) is 0 Å². The smallest absolute Gasteiger partial charge is 0.251 e. The molecule has 3 heterocycles. The van der Waals surface area contributed by atoms with E-state index in [1.54, 1.807) is 6.20 Å². The molecule has 0 aliphatic carbocycles. The Kier molecular flexibility index (Phi) is 3.18. The first-order valence-corrected chi connectivity index (χ1v) is 7.72. The highest BCUT2D eigenvalue weighted by molar-refractivity contribution is 5.66. The minimum absolute atomic E-state index is 0.725. The number of rotatable bonds is 2. The molecule has 0 N–H and O–H groups in total. The van der Waals surface area contributed by atoms with Crippen molar-refractivity contribution in [2.75, 3.05) is 29.4 Å². The molecule has 1 aromatic carbocycles. The molecule has 5 nitrogen and oxygen atoms in total. The fraction of sp³-hybridized carbons (Fsp3) is 0.438. The summed E-state index contributed by atoms with van der Waals surface area (Å²) in [6.45, 7) is 3.09. The van der Waals surface area contributed by atoms with Crippen LogP contribution in [0, 0.1) is 0 Å². The van der Waals surface area contributed by atoms with Gasteiger partial charge in [-0.25, -0.2) is 0 Å². The monoisotopic (exact) mass is 281 g/mol. The lowest BCUT2D eigenvalue weighted by Crippen LogP contribution is -2.31. The molecule has 0 amide bonds. The molecule has 2 aliphatic rings. The Hall–Kier alpha value is -2.17. The van der Waals surface area contributed by atoms with Crippen molar-refractivity contribution in [3.63, 3.8) is 0 Å². The summed E-state index contributed by atoms with van der Waals surface area (Å²) in [5.74, 6) is 1.69. The molecule has 0 saturated carbocycles. The number of benzene rings is 1. The zero-order chi connectivity index (χ0) is 14.1. The van der Waals surface area contributed by atoms with Crippen LogP contribution < -0.4 is 9.80 Å². The van der Waals surface area contributed by atoms with Gasteiger partial charge < -0.3 is 9.80 Å². The summed E-state index contributed by atoms with van der Waals surface area (Å²) < 4.78 is 0. The van der Waals surface area contributed by atoms with E-state index in [9.17, 15) is 0 Å². The third kappa shape index (κ3) is 2.33. The van der Waals surface area contributed by atoms with Crippen LogP contribution in [0.5, 0.6) is 0 Å². The first-order chi connectivity index (χ1) is 10.4. The van der Waals surface area contributed by atoms with Crippen LogP contribution in [0.3, 0.4) is 0 Å². The summed E-state index contributed by atoms with van der Waals surface area (Å²) in [7, 11) is 0. The molecule has 1 fully saturated rings. The van der Waals surface area contributed by atoms with E-state index in [0.717, 1.165) is 37.8 Å². The van der Waals surface area contributed by atoms with Crippen molar-refractivity contribution in [3.8, 4) is 0 Å². The summed E-state index contributed by atoms with van der Waals surface area (Å²) >= 11 is 0. The number of hydrogen-bond acceptors (Lipinski definition) is 5. The lowest BCUT2D eigenvalue weighted by Gasteiger charge is -2.28. The summed E-state index contributed by atoms with van der Waals surface area (Å²) in [4.78, 5) is 9.25. The van der Waals surface area contributed by atoms with Crippen LogP contribution >= 0.6 is 0 Å². The van der Waals surface area contributed by atoms with Gasteiger partial charge in [0.05, 0.1) is 6.20 Å². The van der Waals surface area contributed by atoms with Gasteiger partial charge in [0.15, 0.2) is 5.82 Å². The normalized spacial score (nSPS) is 17.9. The van der Waals surface area contributed by atoms with Gasteiger partial charge in [0, 0.05) is 25.3 Å². The SMILES string of the molecule is c1ccc2c(c1)CCN2c1nncc(N2CCCCC2)n1. The maximum Gasteiger partial charge on any atom is 0.251 e. The Bertz CT molecular complexity index is 636. The molecule has 1 aromatic heterocycles. The van der Waals surface area contributed by atoms with E-state index >= 15 is 0 Å². The number of fused-ring (bicyclic) bond motifs is 1. The molecule has 1 saturated heterocycles. The Morgan fingerprint density at radius 2 is 1.81 bits per heavy atom. The highest BCUT2D eigenvalue weighted by atomic mass is 15.4. The van der Waals surface area contributed by atoms with Crippen LogP contribution in [0.1, 0.15) is 24.8 Å². The van der Waals surface area contributed by atoms with Gasteiger partial charge in [0.25, 0.3) is 5.95 Å². The third-order valence-electron chi connectivity index (χ3n) is 4.34. The topological polar surface area (TPSA) is 45.2 Å². The average molecular weight is 281 g/mol. The van der Waals surface area contributed by atoms with Crippen molar-refractivity contribution in [1.82, 2.24) is 15.2 Å². The van der Waals surface area contributed by atoms with Crippen molar-refractivity contribution in [3.05, 3.63) is 36.0 Å². The molecule has 2 aliphatic heterocycles. The second-order valence-corrected chi connectivity index (χ2v) is 5.69. The van der Waals surface area contributed by atoms with E-state index in [4.69, 9.17) is 4.98 Å². The maximum absolute atomic E-state index is 4.76. The minimum atomic E-state index is 0.725. The molecule has 0 atom stereocenters. The van der Waals surface area contributed by atoms with Crippen LogP contribution in [0.25, 0.3) is 0 Å². The second-order valence-electron chi connectivity index (χ2n) is 5.69. The van der Waals surface area contributed by atoms with Gasteiger partial charge >= 0.3 is 0 Å². The molecule has 5 heteroatoms. The Balaban J connectivity index is 1.64. The molecule has 0 radical (unpaired) electrons. The lowest BCUT2D eigenvalue weighted by atomic mass is 10.1. The van der Waals surface area contributed by atoms with Crippen molar-refractivity contribution < 1.29 is 0 Å². The van der Waals surface area contributed by atoms with Crippen molar-refractivity contribution in [2.24, 2.45) is 0 Å². The van der Waals surface area contributed by atoms with Gasteiger partial charge in [-0.3, -0.25) is 0 Å². The highest BCUT2D eigenvalue weighted by Gasteiger charge is 2.23. The largest absolute Gasteiger partial charge is 0.355 e. The summed E-state index contributed by atoms with van der Waals surface area (Å²) in [6.07, 6.45) is 6.64. The summed E-state index contributed by atoms with van der Waals surface area (Å²) in [6, 6.07) is 8.47. The molecule has 0 spiro atoms. The number of aromatic nitrogens is 3. The van der Waals surface area contributed by atoms with E-state index < -0.39 is 0 Å². The van der Waals surface area contributed by atoms with E-state index in [2.05, 4.69) is 44.3 Å². The first-order valence-electron chi connectivity index (χ1n) is 7.72. The molecular weight excluding hydrogens is 262 g/mol. The number of anilines is 3. The van der Waals surface area contributed by atoms with E-state index in [1.165, 1.54) is 30.5 Å². The second kappa shape index (κ2) is 5.31. The predicted octanol–water partition coefficient (Wildman–Crippen LogP) is 2.56. The predicted molar refractivity (Wildman–Crippen MR) is 83.0 cm³/mol. The van der Waals surface area contributed by atoms with Gasteiger partial charge in [0.1, 0.15) is 0 Å². The van der Waals surface area contributed by atoms with Gasteiger partial charge in [-0.05, 0) is 37.3 Å². The first kappa shape index (κ1) is 12.6. The zero-order valence-corrected chi connectivity index (χ0v) is 12.1. The van der Waals surface area contributed by atoms with E-state index in [-0.39, 0.29) is 0 Å². The number of nitrogens with zero attached hydrogens (tertiary/aromatic N) is 5. The highest BCUT2D eigenvalue weighted by Crippen LogP contribution is 2.32. The molecule has 0 unspecified atom stereocenters. The molecule has 0 bridgehead atoms. The fourth-order valence-corrected chi connectivity index (χ4v) is 3.22. The quantitative estimate of drug-likeness (QED) is 0.846. The van der Waals surface area contributed by atoms with Crippen LogP contribution in [0.4, 0.5) is 17.5 Å². The minimum Gasteiger partial charge on any atom is -0.355 e. The molecule has 108 valence electrons. The molecule has 4 rings (SSSR count).